The molecule has 1 unspecified atom stereocenters. The van der Waals surface area contributed by atoms with Crippen molar-refractivity contribution in [3.05, 3.63) is 34.1 Å². The normalized spacial score (nSPS) is 12.7. The quantitative estimate of drug-likeness (QED) is 0.840. The Balaban J connectivity index is 2.27. The zero-order valence-corrected chi connectivity index (χ0v) is 12.2. The molecule has 0 aliphatic carbocycles. The molecule has 1 heterocycles. The summed E-state index contributed by atoms with van der Waals surface area (Å²) in [6.45, 7) is 0.309. The van der Waals surface area contributed by atoms with Gasteiger partial charge in [0.15, 0.2) is 11.6 Å². The maximum Gasteiger partial charge on any atom is 0.229 e. The second-order valence-corrected chi connectivity index (χ2v) is 4.83. The third kappa shape index (κ3) is 3.02. The third-order valence-corrected chi connectivity index (χ3v) is 3.52. The minimum Gasteiger partial charge on any atom is -0.380 e. The van der Waals surface area contributed by atoms with Crippen LogP contribution in [0.25, 0.3) is 11.4 Å². The molecule has 2 rings (SSSR count). The van der Waals surface area contributed by atoms with Gasteiger partial charge in [0, 0.05) is 19.2 Å². The molecule has 0 saturated heterocycles. The molecule has 0 fully saturated rings. The topological polar surface area (TPSA) is 74.2 Å². The van der Waals surface area contributed by atoms with E-state index in [4.69, 9.17) is 15.0 Å². The van der Waals surface area contributed by atoms with Gasteiger partial charge in [-0.2, -0.15) is 4.98 Å². The molecule has 0 bridgehead atoms. The van der Waals surface area contributed by atoms with Crippen molar-refractivity contribution in [1.82, 2.24) is 10.1 Å². The van der Waals surface area contributed by atoms with E-state index in [2.05, 4.69) is 26.1 Å². The highest BCUT2D eigenvalue weighted by Crippen LogP contribution is 2.30. The predicted octanol–water partition coefficient (Wildman–Crippen LogP) is 2.29. The first-order valence-electron chi connectivity index (χ1n) is 5.76. The molecule has 0 amide bonds. The Morgan fingerprint density at radius 2 is 2.20 bits per heavy atom. The van der Waals surface area contributed by atoms with Gasteiger partial charge in [0.2, 0.25) is 11.7 Å². The number of hydrogen-bond donors (Lipinski definition) is 1. The lowest BCUT2D eigenvalue weighted by molar-refractivity contribution is 0.102. The van der Waals surface area contributed by atoms with E-state index in [0.717, 1.165) is 6.07 Å². The first-order valence-corrected chi connectivity index (χ1v) is 6.55. The number of nitrogens with zero attached hydrogens (tertiary/aromatic N) is 2. The van der Waals surface area contributed by atoms with Gasteiger partial charge in [0.25, 0.3) is 0 Å². The van der Waals surface area contributed by atoms with E-state index >= 15 is 0 Å². The molecule has 8 heteroatoms. The van der Waals surface area contributed by atoms with Crippen LogP contribution in [-0.4, -0.2) is 29.9 Å². The highest BCUT2D eigenvalue weighted by Gasteiger charge is 2.18. The Hall–Kier alpha value is -1.38. The lowest BCUT2D eigenvalue weighted by Crippen LogP contribution is -2.24. The molecule has 1 atom stereocenters. The first kappa shape index (κ1) is 15.0. The highest BCUT2D eigenvalue weighted by atomic mass is 79.9. The predicted molar refractivity (Wildman–Crippen MR) is 70.9 cm³/mol. The number of methoxy groups -OCH3 is 1. The van der Waals surface area contributed by atoms with Gasteiger partial charge in [-0.15, -0.1) is 0 Å². The second kappa shape index (κ2) is 6.38. The summed E-state index contributed by atoms with van der Waals surface area (Å²) in [6, 6.07) is 2.37. The van der Waals surface area contributed by atoms with Crippen molar-refractivity contribution in [2.45, 2.75) is 12.5 Å². The van der Waals surface area contributed by atoms with Crippen LogP contribution in [0.5, 0.6) is 0 Å². The molecule has 0 spiro atoms. The third-order valence-electron chi connectivity index (χ3n) is 2.74. The van der Waals surface area contributed by atoms with Crippen LogP contribution in [0.3, 0.4) is 0 Å². The van der Waals surface area contributed by atoms with E-state index in [1.54, 1.807) is 0 Å². The fourth-order valence-electron chi connectivity index (χ4n) is 1.60. The molecule has 20 heavy (non-hydrogen) atoms. The van der Waals surface area contributed by atoms with Crippen LogP contribution in [0.1, 0.15) is 5.89 Å². The smallest absolute Gasteiger partial charge is 0.229 e. The number of aromatic nitrogens is 2. The SMILES string of the molecule is COC(CN)Cc1nc(-c2ccc(F)c(F)c2Br)no1. The Bertz CT molecular complexity index is 602. The van der Waals surface area contributed by atoms with E-state index in [1.807, 2.05) is 0 Å². The minimum atomic E-state index is -0.995. The standard InChI is InChI=1S/C12H12BrF2N3O2/c1-19-6(5-16)4-9-17-12(18-20-9)7-2-3-8(14)11(15)10(7)13/h2-3,6H,4-5,16H2,1H3. The fourth-order valence-corrected chi connectivity index (χ4v) is 2.10. The monoisotopic (exact) mass is 347 g/mol. The Morgan fingerprint density at radius 3 is 2.85 bits per heavy atom. The highest BCUT2D eigenvalue weighted by molar-refractivity contribution is 9.10. The van der Waals surface area contributed by atoms with E-state index < -0.39 is 11.6 Å². The average molecular weight is 348 g/mol. The van der Waals surface area contributed by atoms with E-state index in [0.29, 0.717) is 24.4 Å². The van der Waals surface area contributed by atoms with Crippen LogP contribution >= 0.6 is 15.9 Å². The Kier molecular flexibility index (Phi) is 4.79. The van der Waals surface area contributed by atoms with Crippen LogP contribution in [-0.2, 0) is 11.2 Å². The van der Waals surface area contributed by atoms with Gasteiger partial charge < -0.3 is 15.0 Å². The first-order chi connectivity index (χ1) is 9.56. The molecule has 5 nitrogen and oxygen atoms in total. The van der Waals surface area contributed by atoms with Crippen LogP contribution in [0.4, 0.5) is 8.78 Å². The molecular formula is C12H12BrF2N3O2. The van der Waals surface area contributed by atoms with Gasteiger partial charge in [-0.3, -0.25) is 0 Å². The maximum absolute atomic E-state index is 13.5. The van der Waals surface area contributed by atoms with Gasteiger partial charge in [-0.25, -0.2) is 8.78 Å². The second-order valence-electron chi connectivity index (χ2n) is 4.03. The number of nitrogens with two attached hydrogens (primary N) is 1. The number of ether oxygens (including phenoxy) is 1. The van der Waals surface area contributed by atoms with Gasteiger partial charge in [0.05, 0.1) is 17.0 Å². The maximum atomic E-state index is 13.5. The summed E-state index contributed by atoms with van der Waals surface area (Å²) in [4.78, 5) is 4.12. The van der Waals surface area contributed by atoms with Crippen molar-refractivity contribution in [2.24, 2.45) is 5.73 Å². The van der Waals surface area contributed by atoms with Gasteiger partial charge in [-0.1, -0.05) is 5.16 Å². The fraction of sp³-hybridized carbons (Fsp3) is 0.333. The lowest BCUT2D eigenvalue weighted by Gasteiger charge is -2.08. The molecule has 0 radical (unpaired) electrons. The molecule has 108 valence electrons. The molecular weight excluding hydrogens is 336 g/mol. The van der Waals surface area contributed by atoms with Crippen molar-refractivity contribution < 1.29 is 18.0 Å². The van der Waals surface area contributed by atoms with Gasteiger partial charge in [-0.05, 0) is 28.1 Å². The summed E-state index contributed by atoms with van der Waals surface area (Å²) in [6.07, 6.45) is 0.109. The van der Waals surface area contributed by atoms with Crippen LogP contribution < -0.4 is 5.73 Å². The molecule has 0 saturated carbocycles. The van der Waals surface area contributed by atoms with Crippen LogP contribution in [0, 0.1) is 11.6 Å². The Morgan fingerprint density at radius 1 is 1.45 bits per heavy atom. The summed E-state index contributed by atoms with van der Waals surface area (Å²) in [5.41, 5.74) is 5.80. The van der Waals surface area contributed by atoms with Crippen LogP contribution in [0.2, 0.25) is 0 Å². The summed E-state index contributed by atoms with van der Waals surface area (Å²) in [5, 5.41) is 3.74. The molecule has 0 aliphatic rings. The summed E-state index contributed by atoms with van der Waals surface area (Å²) < 4.78 is 36.6. The zero-order valence-electron chi connectivity index (χ0n) is 10.6. The van der Waals surface area contributed by atoms with Crippen molar-refractivity contribution in [2.75, 3.05) is 13.7 Å². The van der Waals surface area contributed by atoms with E-state index in [1.165, 1.54) is 13.2 Å². The lowest BCUT2D eigenvalue weighted by atomic mass is 10.2. The molecule has 1 aromatic heterocycles. The largest absolute Gasteiger partial charge is 0.380 e. The molecule has 0 aliphatic heterocycles. The van der Waals surface area contributed by atoms with Gasteiger partial charge in [0.1, 0.15) is 0 Å². The molecule has 2 N–H and O–H groups in total. The number of hydrogen-bond acceptors (Lipinski definition) is 5. The minimum absolute atomic E-state index is 0.0491. The summed E-state index contributed by atoms with van der Waals surface area (Å²) >= 11 is 2.97. The van der Waals surface area contributed by atoms with E-state index in [-0.39, 0.29) is 16.4 Å². The van der Waals surface area contributed by atoms with Crippen molar-refractivity contribution in [1.29, 1.82) is 0 Å². The average Bonchev–Trinajstić information content (AvgIpc) is 2.90. The van der Waals surface area contributed by atoms with Gasteiger partial charge >= 0.3 is 0 Å². The number of halogens is 3. The Labute approximate surface area is 122 Å². The molecule has 2 aromatic rings. The number of rotatable bonds is 5. The van der Waals surface area contributed by atoms with Crippen molar-refractivity contribution in [3.63, 3.8) is 0 Å². The van der Waals surface area contributed by atoms with Crippen molar-refractivity contribution in [3.8, 4) is 11.4 Å². The zero-order chi connectivity index (χ0) is 14.7. The van der Waals surface area contributed by atoms with E-state index in [9.17, 15) is 8.78 Å². The van der Waals surface area contributed by atoms with Crippen LogP contribution in [0.15, 0.2) is 21.1 Å². The summed E-state index contributed by atoms with van der Waals surface area (Å²) in [5.74, 6) is -1.47. The van der Waals surface area contributed by atoms with Crippen molar-refractivity contribution >= 4 is 15.9 Å². The number of benzene rings is 1. The molecule has 1 aromatic carbocycles. The summed E-state index contributed by atoms with van der Waals surface area (Å²) in [7, 11) is 1.53.